The first kappa shape index (κ1) is 12.2. The molecular formula is C11H18ClN3S. The topological polar surface area (TPSA) is 30.7 Å². The molecule has 0 saturated heterocycles. The second-order valence-corrected chi connectivity index (χ2v) is 5.73. The Morgan fingerprint density at radius 2 is 2.25 bits per heavy atom. The van der Waals surface area contributed by atoms with E-state index < -0.39 is 0 Å². The van der Waals surface area contributed by atoms with Crippen LogP contribution in [0.25, 0.3) is 0 Å². The van der Waals surface area contributed by atoms with Gasteiger partial charge in [-0.25, -0.2) is 0 Å². The summed E-state index contributed by atoms with van der Waals surface area (Å²) >= 11 is 7.59. The smallest absolute Gasteiger partial charge is 0.191 e. The van der Waals surface area contributed by atoms with Gasteiger partial charge in [0.05, 0.1) is 0 Å². The van der Waals surface area contributed by atoms with Crippen LogP contribution in [0.3, 0.4) is 0 Å². The summed E-state index contributed by atoms with van der Waals surface area (Å²) in [6.45, 7) is 3.25. The molecule has 2 rings (SSSR count). The summed E-state index contributed by atoms with van der Waals surface area (Å²) in [5, 5.41) is 9.64. The molecule has 0 saturated carbocycles. The van der Waals surface area contributed by atoms with Gasteiger partial charge in [-0.2, -0.15) is 0 Å². The van der Waals surface area contributed by atoms with Crippen molar-refractivity contribution in [3.05, 3.63) is 5.82 Å². The van der Waals surface area contributed by atoms with E-state index in [9.17, 15) is 0 Å². The van der Waals surface area contributed by atoms with Crippen molar-refractivity contribution in [1.82, 2.24) is 14.8 Å². The van der Waals surface area contributed by atoms with Gasteiger partial charge >= 0.3 is 0 Å². The fourth-order valence-electron chi connectivity index (χ4n) is 1.83. The van der Waals surface area contributed by atoms with E-state index in [0.717, 1.165) is 23.9 Å². The van der Waals surface area contributed by atoms with E-state index in [1.54, 1.807) is 11.8 Å². The highest BCUT2D eigenvalue weighted by atomic mass is 35.5. The van der Waals surface area contributed by atoms with Crippen molar-refractivity contribution >= 4 is 23.4 Å². The third kappa shape index (κ3) is 2.92. The first-order valence-corrected chi connectivity index (χ1v) is 7.44. The molecule has 90 valence electrons. The molecule has 1 atom stereocenters. The van der Waals surface area contributed by atoms with Crippen LogP contribution >= 0.6 is 23.4 Å². The van der Waals surface area contributed by atoms with E-state index in [1.807, 2.05) is 0 Å². The maximum atomic E-state index is 5.81. The summed E-state index contributed by atoms with van der Waals surface area (Å²) in [5.74, 6) is 3.44. The molecule has 16 heavy (non-hydrogen) atoms. The molecule has 1 aliphatic heterocycles. The molecule has 1 aromatic heterocycles. The van der Waals surface area contributed by atoms with Gasteiger partial charge in [0.25, 0.3) is 0 Å². The lowest BCUT2D eigenvalue weighted by Crippen LogP contribution is -2.05. The summed E-state index contributed by atoms with van der Waals surface area (Å²) in [6.07, 6.45) is 4.90. The van der Waals surface area contributed by atoms with E-state index in [2.05, 4.69) is 21.7 Å². The SMILES string of the molecule is CC(CCl)CSc1nnc2n1CCCCC2. The second-order valence-electron chi connectivity index (χ2n) is 4.43. The lowest BCUT2D eigenvalue weighted by Gasteiger charge is -2.08. The van der Waals surface area contributed by atoms with Gasteiger partial charge in [0, 0.05) is 24.6 Å². The molecule has 1 unspecified atom stereocenters. The van der Waals surface area contributed by atoms with Crippen LogP contribution in [0.4, 0.5) is 0 Å². The molecule has 1 aliphatic rings. The fourth-order valence-corrected chi connectivity index (χ4v) is 3.07. The predicted molar refractivity (Wildman–Crippen MR) is 68.2 cm³/mol. The maximum Gasteiger partial charge on any atom is 0.191 e. The van der Waals surface area contributed by atoms with Gasteiger partial charge in [0.1, 0.15) is 5.82 Å². The highest BCUT2D eigenvalue weighted by molar-refractivity contribution is 7.99. The van der Waals surface area contributed by atoms with Crippen molar-refractivity contribution in [3.8, 4) is 0 Å². The fraction of sp³-hybridized carbons (Fsp3) is 0.818. The van der Waals surface area contributed by atoms with E-state index >= 15 is 0 Å². The molecule has 0 fully saturated rings. The molecule has 3 nitrogen and oxygen atoms in total. The second kappa shape index (κ2) is 5.92. The lowest BCUT2D eigenvalue weighted by atomic mass is 10.2. The third-order valence-electron chi connectivity index (χ3n) is 2.84. The minimum atomic E-state index is 0.533. The average Bonchev–Trinajstić information content (AvgIpc) is 2.54. The number of alkyl halides is 1. The Morgan fingerprint density at radius 1 is 1.38 bits per heavy atom. The normalized spacial score (nSPS) is 17.9. The third-order valence-corrected chi connectivity index (χ3v) is 4.66. The predicted octanol–water partition coefficient (Wildman–Crippen LogP) is 2.97. The Kier molecular flexibility index (Phi) is 4.53. The number of thioether (sulfide) groups is 1. The largest absolute Gasteiger partial charge is 0.306 e. The van der Waals surface area contributed by atoms with Crippen LogP contribution in [-0.2, 0) is 13.0 Å². The van der Waals surface area contributed by atoms with Crippen molar-refractivity contribution in [2.45, 2.75) is 44.3 Å². The van der Waals surface area contributed by atoms with Crippen LogP contribution in [0.1, 0.15) is 32.0 Å². The van der Waals surface area contributed by atoms with Crippen LogP contribution in [0.5, 0.6) is 0 Å². The minimum Gasteiger partial charge on any atom is -0.306 e. The number of aryl methyl sites for hydroxylation is 1. The number of aromatic nitrogens is 3. The molecule has 0 spiro atoms. The van der Waals surface area contributed by atoms with E-state index in [1.165, 1.54) is 25.1 Å². The van der Waals surface area contributed by atoms with E-state index in [-0.39, 0.29) is 0 Å². The van der Waals surface area contributed by atoms with E-state index in [0.29, 0.717) is 11.8 Å². The Morgan fingerprint density at radius 3 is 3.06 bits per heavy atom. The molecular weight excluding hydrogens is 242 g/mol. The van der Waals surface area contributed by atoms with Crippen LogP contribution in [0, 0.1) is 5.92 Å². The average molecular weight is 260 g/mol. The van der Waals surface area contributed by atoms with Gasteiger partial charge in [-0.15, -0.1) is 21.8 Å². The van der Waals surface area contributed by atoms with Crippen LogP contribution in [-0.4, -0.2) is 26.4 Å². The molecule has 0 amide bonds. The molecule has 0 radical (unpaired) electrons. The molecule has 5 heteroatoms. The molecule has 0 aliphatic carbocycles. The van der Waals surface area contributed by atoms with Crippen molar-refractivity contribution in [2.75, 3.05) is 11.6 Å². The summed E-state index contributed by atoms with van der Waals surface area (Å²) in [7, 11) is 0. The van der Waals surface area contributed by atoms with Crippen molar-refractivity contribution in [3.63, 3.8) is 0 Å². The molecule has 1 aromatic rings. The first-order chi connectivity index (χ1) is 7.81. The van der Waals surface area contributed by atoms with Crippen molar-refractivity contribution in [1.29, 1.82) is 0 Å². The van der Waals surface area contributed by atoms with Gasteiger partial charge < -0.3 is 4.57 Å². The number of halogens is 1. The van der Waals surface area contributed by atoms with E-state index in [4.69, 9.17) is 11.6 Å². The summed E-state index contributed by atoms with van der Waals surface area (Å²) in [4.78, 5) is 0. The zero-order valence-corrected chi connectivity index (χ0v) is 11.2. The molecule has 0 bridgehead atoms. The Bertz CT molecular complexity index is 340. The zero-order chi connectivity index (χ0) is 11.4. The lowest BCUT2D eigenvalue weighted by molar-refractivity contribution is 0.590. The first-order valence-electron chi connectivity index (χ1n) is 5.92. The molecule has 0 aromatic carbocycles. The summed E-state index contributed by atoms with van der Waals surface area (Å²) in [5.41, 5.74) is 0. The highest BCUT2D eigenvalue weighted by Gasteiger charge is 2.15. The Balaban J connectivity index is 2.01. The van der Waals surface area contributed by atoms with Crippen LogP contribution in [0.2, 0.25) is 0 Å². The number of nitrogens with zero attached hydrogens (tertiary/aromatic N) is 3. The highest BCUT2D eigenvalue weighted by Crippen LogP contribution is 2.23. The standard InChI is InChI=1S/C11H18ClN3S/c1-9(7-12)8-16-11-14-13-10-5-3-2-4-6-15(10)11/h9H,2-8H2,1H3. The Labute approximate surface area is 106 Å². The summed E-state index contributed by atoms with van der Waals surface area (Å²) < 4.78 is 2.29. The van der Waals surface area contributed by atoms with Crippen LogP contribution in [0.15, 0.2) is 5.16 Å². The maximum absolute atomic E-state index is 5.81. The minimum absolute atomic E-state index is 0.533. The monoisotopic (exact) mass is 259 g/mol. The Hall–Kier alpha value is -0.220. The van der Waals surface area contributed by atoms with Gasteiger partial charge in [-0.3, -0.25) is 0 Å². The van der Waals surface area contributed by atoms with Gasteiger partial charge in [-0.1, -0.05) is 25.1 Å². The van der Waals surface area contributed by atoms with Crippen LogP contribution < -0.4 is 0 Å². The number of hydrogen-bond donors (Lipinski definition) is 0. The zero-order valence-electron chi connectivity index (χ0n) is 9.65. The van der Waals surface area contributed by atoms with Gasteiger partial charge in [0.15, 0.2) is 5.16 Å². The van der Waals surface area contributed by atoms with Gasteiger partial charge in [-0.05, 0) is 18.8 Å². The van der Waals surface area contributed by atoms with Gasteiger partial charge in [0.2, 0.25) is 0 Å². The number of fused-ring (bicyclic) bond motifs is 1. The van der Waals surface area contributed by atoms with Crippen molar-refractivity contribution in [2.24, 2.45) is 5.92 Å². The molecule has 0 N–H and O–H groups in total. The number of rotatable bonds is 4. The van der Waals surface area contributed by atoms with Crippen molar-refractivity contribution < 1.29 is 0 Å². The molecule has 2 heterocycles. The summed E-state index contributed by atoms with van der Waals surface area (Å²) in [6, 6.07) is 0. The number of hydrogen-bond acceptors (Lipinski definition) is 3. The quantitative estimate of drug-likeness (QED) is 0.615.